The van der Waals surface area contributed by atoms with E-state index in [2.05, 4.69) is 33.9 Å². The summed E-state index contributed by atoms with van der Waals surface area (Å²) in [6.45, 7) is 2.06. The molecule has 17 heavy (non-hydrogen) atoms. The Morgan fingerprint density at radius 3 is 3.00 bits per heavy atom. The van der Waals surface area contributed by atoms with Gasteiger partial charge in [-0.1, -0.05) is 28.9 Å². The highest BCUT2D eigenvalue weighted by molar-refractivity contribution is 9.10. The summed E-state index contributed by atoms with van der Waals surface area (Å²) in [5.74, 6) is -0.486. The van der Waals surface area contributed by atoms with Crippen molar-refractivity contribution >= 4 is 32.8 Å². The van der Waals surface area contributed by atoms with Gasteiger partial charge in [-0.05, 0) is 30.0 Å². The van der Waals surface area contributed by atoms with Gasteiger partial charge >= 0.3 is 5.97 Å². The van der Waals surface area contributed by atoms with E-state index in [-0.39, 0.29) is 12.3 Å². The van der Waals surface area contributed by atoms with Crippen LogP contribution >= 0.6 is 15.9 Å². The molecule has 0 saturated carbocycles. The average molecular weight is 296 g/mol. The molecule has 0 radical (unpaired) electrons. The zero-order valence-corrected chi connectivity index (χ0v) is 11.1. The zero-order valence-electron chi connectivity index (χ0n) is 9.53. The van der Waals surface area contributed by atoms with Gasteiger partial charge < -0.3 is 10.1 Å². The molecule has 0 aliphatic carbocycles. The highest BCUT2D eigenvalue weighted by Crippen LogP contribution is 2.29. The minimum atomic E-state index is -0.737. The Hall–Kier alpha value is -1.29. The molecule has 0 fully saturated rings. The number of hydrogen-bond acceptors (Lipinski definition) is 1. The summed E-state index contributed by atoms with van der Waals surface area (Å²) in [4.78, 5) is 13.8. The van der Waals surface area contributed by atoms with Gasteiger partial charge in [0.1, 0.15) is 0 Å². The van der Waals surface area contributed by atoms with E-state index in [0.29, 0.717) is 6.42 Å². The van der Waals surface area contributed by atoms with Gasteiger partial charge in [-0.3, -0.25) is 4.79 Å². The molecular formula is C13H14BrNO2. The molecule has 0 aliphatic rings. The minimum Gasteiger partial charge on any atom is -0.481 e. The smallest absolute Gasteiger partial charge is 0.303 e. The first-order valence-corrected chi connectivity index (χ1v) is 6.35. The van der Waals surface area contributed by atoms with Crippen LogP contribution in [0.5, 0.6) is 0 Å². The van der Waals surface area contributed by atoms with Gasteiger partial charge in [0.15, 0.2) is 0 Å². The maximum absolute atomic E-state index is 10.6. The first kappa shape index (κ1) is 12.2. The van der Waals surface area contributed by atoms with E-state index in [9.17, 15) is 4.79 Å². The molecule has 0 spiro atoms. The second-order valence-electron chi connectivity index (χ2n) is 4.27. The van der Waals surface area contributed by atoms with E-state index in [1.54, 1.807) is 0 Å². The van der Waals surface area contributed by atoms with E-state index in [1.165, 1.54) is 10.9 Å². The molecule has 0 aliphatic heterocycles. The molecular weight excluding hydrogens is 282 g/mol. The van der Waals surface area contributed by atoms with Crippen LogP contribution in [0.1, 0.15) is 31.2 Å². The van der Waals surface area contributed by atoms with Crippen molar-refractivity contribution in [3.8, 4) is 0 Å². The molecule has 2 N–H and O–H groups in total. The molecule has 0 amide bonds. The Balaban J connectivity index is 2.26. The minimum absolute atomic E-state index is 0.213. The van der Waals surface area contributed by atoms with Crippen LogP contribution in [-0.2, 0) is 4.79 Å². The van der Waals surface area contributed by atoms with Crippen LogP contribution in [0.3, 0.4) is 0 Å². The number of carboxylic acid groups (broad SMARTS) is 1. The highest BCUT2D eigenvalue weighted by atomic mass is 79.9. The predicted octanol–water partition coefficient (Wildman–Crippen LogP) is 3.90. The number of H-pyrrole nitrogens is 1. The number of fused-ring (bicyclic) bond motifs is 1. The van der Waals surface area contributed by atoms with Crippen LogP contribution in [0, 0.1) is 0 Å². The summed E-state index contributed by atoms with van der Waals surface area (Å²) >= 11 is 3.43. The van der Waals surface area contributed by atoms with Gasteiger partial charge in [0.25, 0.3) is 0 Å². The quantitative estimate of drug-likeness (QED) is 0.899. The molecule has 90 valence electrons. The first-order valence-electron chi connectivity index (χ1n) is 5.56. The summed E-state index contributed by atoms with van der Waals surface area (Å²) in [7, 11) is 0. The Kier molecular flexibility index (Phi) is 3.52. The van der Waals surface area contributed by atoms with Crippen molar-refractivity contribution < 1.29 is 9.90 Å². The number of carboxylic acids is 1. The van der Waals surface area contributed by atoms with E-state index >= 15 is 0 Å². The van der Waals surface area contributed by atoms with Crippen LogP contribution < -0.4 is 0 Å². The van der Waals surface area contributed by atoms with E-state index in [0.717, 1.165) is 9.99 Å². The number of carbonyl (C=O) groups is 1. The molecule has 0 bridgehead atoms. The van der Waals surface area contributed by atoms with Crippen molar-refractivity contribution in [1.82, 2.24) is 4.98 Å². The van der Waals surface area contributed by atoms with Crippen LogP contribution in [-0.4, -0.2) is 16.1 Å². The lowest BCUT2D eigenvalue weighted by Gasteiger charge is -2.08. The fourth-order valence-electron chi connectivity index (χ4n) is 2.02. The summed E-state index contributed by atoms with van der Waals surface area (Å²) in [5.41, 5.74) is 2.27. The van der Waals surface area contributed by atoms with Gasteiger partial charge in [0, 0.05) is 28.0 Å². The Bertz CT molecular complexity index is 547. The highest BCUT2D eigenvalue weighted by Gasteiger charge is 2.12. The van der Waals surface area contributed by atoms with Gasteiger partial charge in [0.2, 0.25) is 0 Å². The summed E-state index contributed by atoms with van der Waals surface area (Å²) in [6.07, 6.45) is 2.85. The van der Waals surface area contributed by atoms with E-state index < -0.39 is 5.97 Å². The number of aromatic nitrogens is 1. The third-order valence-electron chi connectivity index (χ3n) is 3.00. The standard InChI is InChI=1S/C13H14BrNO2/c1-8(2-5-13(16)17)11-7-15-12-6-9(14)3-4-10(11)12/h3-4,6-8,15H,2,5H2,1H3,(H,16,17). The van der Waals surface area contributed by atoms with Crippen LogP contribution in [0.4, 0.5) is 0 Å². The summed E-state index contributed by atoms with van der Waals surface area (Å²) in [5, 5.41) is 9.87. The lowest BCUT2D eigenvalue weighted by Crippen LogP contribution is -1.99. The van der Waals surface area contributed by atoms with Crippen molar-refractivity contribution in [2.75, 3.05) is 0 Å². The molecule has 1 atom stereocenters. The Morgan fingerprint density at radius 1 is 1.53 bits per heavy atom. The largest absolute Gasteiger partial charge is 0.481 e. The normalized spacial score (nSPS) is 12.8. The average Bonchev–Trinajstić information content (AvgIpc) is 2.68. The fraction of sp³-hybridized carbons (Fsp3) is 0.308. The summed E-state index contributed by atoms with van der Waals surface area (Å²) < 4.78 is 1.04. The third kappa shape index (κ3) is 2.69. The molecule has 2 rings (SSSR count). The van der Waals surface area contributed by atoms with E-state index in [1.807, 2.05) is 18.3 Å². The van der Waals surface area contributed by atoms with Crippen molar-refractivity contribution in [2.45, 2.75) is 25.7 Å². The lowest BCUT2D eigenvalue weighted by atomic mass is 9.96. The molecule has 1 unspecified atom stereocenters. The maximum Gasteiger partial charge on any atom is 0.303 e. The molecule has 4 heteroatoms. The van der Waals surface area contributed by atoms with Crippen molar-refractivity contribution in [3.63, 3.8) is 0 Å². The monoisotopic (exact) mass is 295 g/mol. The molecule has 2 aromatic rings. The third-order valence-corrected chi connectivity index (χ3v) is 3.49. The predicted molar refractivity (Wildman–Crippen MR) is 71.3 cm³/mol. The number of hydrogen-bond donors (Lipinski definition) is 2. The van der Waals surface area contributed by atoms with Crippen LogP contribution in [0.25, 0.3) is 10.9 Å². The van der Waals surface area contributed by atoms with Crippen molar-refractivity contribution in [2.24, 2.45) is 0 Å². The fourth-order valence-corrected chi connectivity index (χ4v) is 2.39. The number of nitrogens with one attached hydrogen (secondary N) is 1. The molecule has 1 aromatic heterocycles. The maximum atomic E-state index is 10.6. The van der Waals surface area contributed by atoms with Gasteiger partial charge in [0.05, 0.1) is 0 Å². The Morgan fingerprint density at radius 2 is 2.29 bits per heavy atom. The van der Waals surface area contributed by atoms with E-state index in [4.69, 9.17) is 5.11 Å². The number of benzene rings is 1. The zero-order chi connectivity index (χ0) is 12.4. The van der Waals surface area contributed by atoms with Crippen LogP contribution in [0.15, 0.2) is 28.9 Å². The number of rotatable bonds is 4. The first-order chi connectivity index (χ1) is 8.08. The number of aliphatic carboxylic acids is 1. The second kappa shape index (κ2) is 4.92. The van der Waals surface area contributed by atoms with Crippen molar-refractivity contribution in [3.05, 3.63) is 34.4 Å². The number of halogens is 1. The summed E-state index contributed by atoms with van der Waals surface area (Å²) in [6, 6.07) is 6.09. The lowest BCUT2D eigenvalue weighted by molar-refractivity contribution is -0.137. The number of aromatic amines is 1. The molecule has 3 nitrogen and oxygen atoms in total. The second-order valence-corrected chi connectivity index (χ2v) is 5.18. The van der Waals surface area contributed by atoms with Gasteiger partial charge in [-0.15, -0.1) is 0 Å². The molecule has 0 saturated heterocycles. The van der Waals surface area contributed by atoms with Crippen LogP contribution in [0.2, 0.25) is 0 Å². The SMILES string of the molecule is CC(CCC(=O)O)c1c[nH]c2cc(Br)ccc12. The molecule has 1 heterocycles. The topological polar surface area (TPSA) is 53.1 Å². The van der Waals surface area contributed by atoms with Gasteiger partial charge in [-0.25, -0.2) is 0 Å². The van der Waals surface area contributed by atoms with Gasteiger partial charge in [-0.2, -0.15) is 0 Å². The van der Waals surface area contributed by atoms with Crippen molar-refractivity contribution in [1.29, 1.82) is 0 Å². The molecule has 1 aromatic carbocycles. The Labute approximate surface area is 108 Å².